The summed E-state index contributed by atoms with van der Waals surface area (Å²) >= 11 is 0. The second kappa shape index (κ2) is 7.30. The van der Waals surface area contributed by atoms with Crippen molar-refractivity contribution in [2.24, 2.45) is 0 Å². The second-order valence-corrected chi connectivity index (χ2v) is 5.92. The van der Waals surface area contributed by atoms with E-state index in [0.717, 1.165) is 24.2 Å². The number of imide groups is 1. The third kappa shape index (κ3) is 3.45. The molecule has 0 aliphatic carbocycles. The molecule has 0 fully saturated rings. The highest BCUT2D eigenvalue weighted by Crippen LogP contribution is 2.29. The molecule has 0 unspecified atom stereocenters. The molecule has 2 amide bonds. The Morgan fingerprint density at radius 2 is 1.52 bits per heavy atom. The van der Waals surface area contributed by atoms with Gasteiger partial charge in [-0.1, -0.05) is 31.9 Å². The number of unbranched alkanes of at least 4 members (excludes halogenated alkanes) is 2. The molecule has 128 valence electrons. The highest BCUT2D eigenvalue weighted by molar-refractivity contribution is 6.34. The lowest BCUT2D eigenvalue weighted by Crippen LogP contribution is -2.29. The molecule has 1 aliphatic rings. The van der Waals surface area contributed by atoms with Crippen molar-refractivity contribution in [1.82, 2.24) is 0 Å². The number of carbonyl (C=O) groups is 3. The first kappa shape index (κ1) is 16.9. The molecule has 2 aromatic rings. The summed E-state index contributed by atoms with van der Waals surface area (Å²) in [7, 11) is 0. The van der Waals surface area contributed by atoms with E-state index in [2.05, 4.69) is 6.92 Å². The largest absolute Gasteiger partial charge is 0.427 e. The van der Waals surface area contributed by atoms with Crippen LogP contribution in [0.1, 0.15) is 53.3 Å². The van der Waals surface area contributed by atoms with Gasteiger partial charge in [0, 0.05) is 6.42 Å². The first-order valence-corrected chi connectivity index (χ1v) is 8.40. The van der Waals surface area contributed by atoms with Gasteiger partial charge in [-0.2, -0.15) is 0 Å². The van der Waals surface area contributed by atoms with Gasteiger partial charge in [0.05, 0.1) is 16.8 Å². The zero-order valence-electron chi connectivity index (χ0n) is 14.0. The van der Waals surface area contributed by atoms with Gasteiger partial charge in [0.25, 0.3) is 11.8 Å². The number of hydrogen-bond donors (Lipinski definition) is 0. The van der Waals surface area contributed by atoms with E-state index in [-0.39, 0.29) is 17.8 Å². The minimum Gasteiger partial charge on any atom is -0.427 e. The summed E-state index contributed by atoms with van der Waals surface area (Å²) in [4.78, 5) is 37.8. The molecule has 3 rings (SSSR count). The van der Waals surface area contributed by atoms with Crippen LogP contribution in [0.25, 0.3) is 0 Å². The van der Waals surface area contributed by atoms with Gasteiger partial charge in [-0.25, -0.2) is 4.90 Å². The summed E-state index contributed by atoms with van der Waals surface area (Å²) in [6.07, 6.45) is 3.23. The standard InChI is InChI=1S/C20H19NO4/c1-2-3-4-9-18(22)25-15-12-10-14(11-13-15)21-19(23)16-7-5-6-8-17(16)20(21)24/h5-8,10-13H,2-4,9H2,1H3. The Kier molecular flexibility index (Phi) is 4.93. The van der Waals surface area contributed by atoms with Crippen LogP contribution in [0.2, 0.25) is 0 Å². The van der Waals surface area contributed by atoms with Crippen LogP contribution in [0.15, 0.2) is 48.5 Å². The predicted octanol–water partition coefficient (Wildman–Crippen LogP) is 3.97. The Morgan fingerprint density at radius 3 is 2.08 bits per heavy atom. The molecule has 5 nitrogen and oxygen atoms in total. The van der Waals surface area contributed by atoms with Crippen molar-refractivity contribution < 1.29 is 19.1 Å². The van der Waals surface area contributed by atoms with Crippen LogP contribution >= 0.6 is 0 Å². The molecule has 2 aromatic carbocycles. The molecule has 1 aliphatic heterocycles. The molecule has 0 bridgehead atoms. The lowest BCUT2D eigenvalue weighted by molar-refractivity contribution is -0.134. The highest BCUT2D eigenvalue weighted by atomic mass is 16.5. The third-order valence-electron chi connectivity index (χ3n) is 4.11. The van der Waals surface area contributed by atoms with E-state index in [4.69, 9.17) is 4.74 Å². The monoisotopic (exact) mass is 337 g/mol. The molecule has 0 aromatic heterocycles. The van der Waals surface area contributed by atoms with Crippen LogP contribution in [-0.4, -0.2) is 17.8 Å². The third-order valence-corrected chi connectivity index (χ3v) is 4.11. The Bertz CT molecular complexity index is 776. The Balaban J connectivity index is 1.70. The van der Waals surface area contributed by atoms with Crippen LogP contribution in [0.5, 0.6) is 5.75 Å². The number of ether oxygens (including phenoxy) is 1. The highest BCUT2D eigenvalue weighted by Gasteiger charge is 2.36. The van der Waals surface area contributed by atoms with Gasteiger partial charge in [-0.3, -0.25) is 14.4 Å². The zero-order valence-corrected chi connectivity index (χ0v) is 14.0. The Labute approximate surface area is 146 Å². The second-order valence-electron chi connectivity index (χ2n) is 5.92. The summed E-state index contributed by atoms with van der Waals surface area (Å²) in [5.41, 5.74) is 1.26. The van der Waals surface area contributed by atoms with E-state index < -0.39 is 0 Å². The fourth-order valence-electron chi connectivity index (χ4n) is 2.79. The van der Waals surface area contributed by atoms with Crippen LogP contribution < -0.4 is 9.64 Å². The van der Waals surface area contributed by atoms with Crippen molar-refractivity contribution in [2.45, 2.75) is 32.6 Å². The number of hydrogen-bond acceptors (Lipinski definition) is 4. The van der Waals surface area contributed by atoms with Crippen molar-refractivity contribution in [3.8, 4) is 5.75 Å². The quantitative estimate of drug-likeness (QED) is 0.346. The molecule has 0 N–H and O–H groups in total. The van der Waals surface area contributed by atoms with Crippen LogP contribution in [0.3, 0.4) is 0 Å². The van der Waals surface area contributed by atoms with Gasteiger partial charge < -0.3 is 4.74 Å². The van der Waals surface area contributed by atoms with Gasteiger partial charge in [-0.15, -0.1) is 0 Å². The Hall–Kier alpha value is -2.95. The molecule has 0 saturated heterocycles. The minimum atomic E-state index is -0.343. The fourth-order valence-corrected chi connectivity index (χ4v) is 2.79. The number of rotatable bonds is 6. The fraction of sp³-hybridized carbons (Fsp3) is 0.250. The molecule has 0 radical (unpaired) electrons. The van der Waals surface area contributed by atoms with Gasteiger partial charge in [0.15, 0.2) is 0 Å². The number of carbonyl (C=O) groups excluding carboxylic acids is 3. The van der Waals surface area contributed by atoms with Crippen LogP contribution in [0, 0.1) is 0 Å². The zero-order chi connectivity index (χ0) is 17.8. The van der Waals surface area contributed by atoms with E-state index in [1.54, 1.807) is 48.5 Å². The maximum Gasteiger partial charge on any atom is 0.311 e. The SMILES string of the molecule is CCCCCC(=O)Oc1ccc(N2C(=O)c3ccccc3C2=O)cc1. The molecule has 0 saturated carbocycles. The molecular formula is C20H19NO4. The van der Waals surface area contributed by atoms with Crippen molar-refractivity contribution in [3.05, 3.63) is 59.7 Å². The molecule has 0 atom stereocenters. The smallest absolute Gasteiger partial charge is 0.311 e. The lowest BCUT2D eigenvalue weighted by Gasteiger charge is -2.14. The molecule has 0 spiro atoms. The maximum absolute atomic E-state index is 12.4. The van der Waals surface area contributed by atoms with Gasteiger partial charge >= 0.3 is 5.97 Å². The Morgan fingerprint density at radius 1 is 0.920 bits per heavy atom. The summed E-state index contributed by atoms with van der Waals surface area (Å²) in [5, 5.41) is 0. The van der Waals surface area contributed by atoms with Crippen molar-refractivity contribution in [1.29, 1.82) is 0 Å². The van der Waals surface area contributed by atoms with Crippen LogP contribution in [-0.2, 0) is 4.79 Å². The average molecular weight is 337 g/mol. The maximum atomic E-state index is 12.4. The first-order chi connectivity index (χ1) is 12.1. The molecular weight excluding hydrogens is 318 g/mol. The van der Waals surface area contributed by atoms with Gasteiger partial charge in [0.2, 0.25) is 0 Å². The van der Waals surface area contributed by atoms with Gasteiger partial charge in [0.1, 0.15) is 5.75 Å². The van der Waals surface area contributed by atoms with Crippen molar-refractivity contribution in [2.75, 3.05) is 4.90 Å². The number of fused-ring (bicyclic) bond motifs is 1. The van der Waals surface area contributed by atoms with Gasteiger partial charge in [-0.05, 0) is 42.8 Å². The number of amides is 2. The van der Waals surface area contributed by atoms with E-state index in [0.29, 0.717) is 29.0 Å². The number of anilines is 1. The molecule has 5 heteroatoms. The normalized spacial score (nSPS) is 13.1. The summed E-state index contributed by atoms with van der Waals surface area (Å²) in [5.74, 6) is -0.557. The van der Waals surface area contributed by atoms with E-state index >= 15 is 0 Å². The van der Waals surface area contributed by atoms with Crippen LogP contribution in [0.4, 0.5) is 5.69 Å². The lowest BCUT2D eigenvalue weighted by atomic mass is 10.1. The van der Waals surface area contributed by atoms with Crippen molar-refractivity contribution >= 4 is 23.5 Å². The molecule has 25 heavy (non-hydrogen) atoms. The number of nitrogens with zero attached hydrogens (tertiary/aromatic N) is 1. The molecule has 1 heterocycles. The number of esters is 1. The van der Waals surface area contributed by atoms with Crippen molar-refractivity contribution in [3.63, 3.8) is 0 Å². The van der Waals surface area contributed by atoms with E-state index in [1.807, 2.05) is 0 Å². The predicted molar refractivity (Wildman–Crippen MR) is 93.8 cm³/mol. The summed E-state index contributed by atoms with van der Waals surface area (Å²) in [6, 6.07) is 13.1. The first-order valence-electron chi connectivity index (χ1n) is 8.40. The van der Waals surface area contributed by atoms with E-state index in [1.165, 1.54) is 0 Å². The topological polar surface area (TPSA) is 63.7 Å². The average Bonchev–Trinajstić information content (AvgIpc) is 2.88. The minimum absolute atomic E-state index is 0.276. The summed E-state index contributed by atoms with van der Waals surface area (Å²) < 4.78 is 5.27. The van der Waals surface area contributed by atoms with E-state index in [9.17, 15) is 14.4 Å². The summed E-state index contributed by atoms with van der Waals surface area (Å²) in [6.45, 7) is 2.07. The number of benzene rings is 2.